The number of fused-ring (bicyclic) bond motifs is 2. The normalized spacial score (nSPS) is 15.3. The van der Waals surface area contributed by atoms with Crippen LogP contribution in [-0.4, -0.2) is 68.6 Å². The number of anilines is 1. The summed E-state index contributed by atoms with van der Waals surface area (Å²) < 4.78 is 64.8. The van der Waals surface area contributed by atoms with Crippen molar-refractivity contribution in [3.63, 3.8) is 0 Å². The molecule has 3 aromatic rings. The summed E-state index contributed by atoms with van der Waals surface area (Å²) in [6, 6.07) is 17.4. The summed E-state index contributed by atoms with van der Waals surface area (Å²) in [7, 11) is -7.86. The van der Waals surface area contributed by atoms with Gasteiger partial charge in [0.05, 0.1) is 11.5 Å². The SMILES string of the molecule is O=S(=O)(O)CCCCN1CCCc2cc(C(c3ccncc3)=c3ccc4c(c3)CCC[N+]=4CCCCS(=O)(=O)O)ccc21.[K+].[K+]. The van der Waals surface area contributed by atoms with Gasteiger partial charge >= 0.3 is 103 Å². The van der Waals surface area contributed by atoms with Crippen molar-refractivity contribution in [2.75, 3.05) is 42.6 Å². The monoisotopic (exact) mass is 704 g/mol. The first-order valence-electron chi connectivity index (χ1n) is 15.0. The third-order valence-corrected chi connectivity index (χ3v) is 9.90. The van der Waals surface area contributed by atoms with Gasteiger partial charge in [-0.15, -0.1) is 0 Å². The van der Waals surface area contributed by atoms with Crippen LogP contribution in [0.4, 0.5) is 5.69 Å². The van der Waals surface area contributed by atoms with Crippen LogP contribution in [0.5, 0.6) is 0 Å². The molecule has 0 saturated carbocycles. The van der Waals surface area contributed by atoms with Crippen LogP contribution in [-0.2, 0) is 33.1 Å². The fraction of sp³-hybridized carbons (Fsp3) is 0.438. The number of hydrogen-bond acceptors (Lipinski definition) is 6. The Morgan fingerprint density at radius 3 is 2.18 bits per heavy atom. The molecule has 0 spiro atoms. The van der Waals surface area contributed by atoms with Gasteiger partial charge in [0.1, 0.15) is 13.1 Å². The third-order valence-electron chi connectivity index (χ3n) is 8.30. The molecule has 13 heteroatoms. The Hall–Kier alpha value is 0.153. The van der Waals surface area contributed by atoms with E-state index in [0.717, 1.165) is 73.8 Å². The summed E-state index contributed by atoms with van der Waals surface area (Å²) in [5, 5.41) is 2.32. The van der Waals surface area contributed by atoms with Crippen molar-refractivity contribution >= 4 is 31.5 Å². The first-order valence-corrected chi connectivity index (χ1v) is 18.2. The van der Waals surface area contributed by atoms with Crippen molar-refractivity contribution < 1.29 is 129 Å². The topological polar surface area (TPSA) is 128 Å². The molecule has 9 nitrogen and oxygen atoms in total. The van der Waals surface area contributed by atoms with Gasteiger partial charge in [-0.25, -0.2) is 4.58 Å². The van der Waals surface area contributed by atoms with Crippen molar-refractivity contribution in [2.45, 2.75) is 51.4 Å². The van der Waals surface area contributed by atoms with E-state index in [0.29, 0.717) is 25.7 Å². The molecule has 0 unspecified atom stereocenters. The number of benzene rings is 2. The van der Waals surface area contributed by atoms with E-state index in [1.807, 2.05) is 24.5 Å². The Morgan fingerprint density at radius 1 is 0.778 bits per heavy atom. The van der Waals surface area contributed by atoms with Crippen molar-refractivity contribution in [1.82, 2.24) is 9.56 Å². The zero-order valence-electron chi connectivity index (χ0n) is 26.4. The van der Waals surface area contributed by atoms with Crippen LogP contribution in [0, 0.1) is 0 Å². The molecule has 2 aliphatic rings. The minimum absolute atomic E-state index is 0. The summed E-state index contributed by atoms with van der Waals surface area (Å²) in [4.78, 5) is 6.57. The maximum Gasteiger partial charge on any atom is 1.00 e. The Bertz CT molecular complexity index is 1800. The zero-order chi connectivity index (χ0) is 30.5. The summed E-state index contributed by atoms with van der Waals surface area (Å²) in [5.74, 6) is -0.410. The molecule has 2 aliphatic heterocycles. The van der Waals surface area contributed by atoms with Crippen LogP contribution in [0.15, 0.2) is 60.9 Å². The summed E-state index contributed by atoms with van der Waals surface area (Å²) in [6.07, 6.45) is 9.90. The quantitative estimate of drug-likeness (QED) is 0.0878. The molecule has 3 heterocycles. The molecule has 0 aliphatic carbocycles. The summed E-state index contributed by atoms with van der Waals surface area (Å²) in [5.41, 5.74) is 7.11. The van der Waals surface area contributed by atoms with E-state index in [4.69, 9.17) is 9.11 Å². The summed E-state index contributed by atoms with van der Waals surface area (Å²) >= 11 is 0. The molecule has 0 bridgehead atoms. The van der Waals surface area contributed by atoms with Gasteiger partial charge in [-0.2, -0.15) is 16.8 Å². The molecule has 0 atom stereocenters. The average Bonchev–Trinajstić information content (AvgIpc) is 2.97. The Kier molecular flexibility index (Phi) is 16.0. The largest absolute Gasteiger partial charge is 1.00 e. The van der Waals surface area contributed by atoms with Crippen molar-refractivity contribution in [1.29, 1.82) is 0 Å². The smallest absolute Gasteiger partial charge is 0.371 e. The van der Waals surface area contributed by atoms with Crippen molar-refractivity contribution in [3.05, 3.63) is 93.8 Å². The van der Waals surface area contributed by atoms with Gasteiger partial charge in [0.25, 0.3) is 20.2 Å². The predicted octanol–water partition coefficient (Wildman–Crippen LogP) is -3.14. The van der Waals surface area contributed by atoms with Gasteiger partial charge in [-0.3, -0.25) is 14.1 Å². The van der Waals surface area contributed by atoms with E-state index in [-0.39, 0.29) is 114 Å². The second-order valence-corrected chi connectivity index (χ2v) is 14.6. The molecule has 2 N–H and O–H groups in total. The van der Waals surface area contributed by atoms with Crippen LogP contribution in [0.3, 0.4) is 0 Å². The van der Waals surface area contributed by atoms with Crippen LogP contribution in [0.1, 0.15) is 60.8 Å². The third kappa shape index (κ3) is 11.6. The molecule has 0 amide bonds. The Balaban J connectivity index is 0.00000276. The first kappa shape index (κ1) is 39.6. The number of hydrogen-bond donors (Lipinski definition) is 2. The van der Waals surface area contributed by atoms with Crippen molar-refractivity contribution in [3.8, 4) is 0 Å². The van der Waals surface area contributed by atoms with E-state index >= 15 is 0 Å². The number of pyridine rings is 1. The molecule has 5 rings (SSSR count). The number of unbranched alkanes of at least 4 members (excludes halogenated alkanes) is 2. The van der Waals surface area contributed by atoms with Crippen LogP contribution >= 0.6 is 0 Å². The van der Waals surface area contributed by atoms with E-state index in [1.54, 1.807) is 0 Å². The maximum atomic E-state index is 11.1. The van der Waals surface area contributed by atoms with Gasteiger partial charge in [0.15, 0.2) is 0 Å². The predicted molar refractivity (Wildman–Crippen MR) is 169 cm³/mol. The molecule has 0 saturated heterocycles. The second-order valence-electron chi connectivity index (χ2n) is 11.5. The van der Waals surface area contributed by atoms with E-state index in [1.165, 1.54) is 22.2 Å². The van der Waals surface area contributed by atoms with Crippen LogP contribution in [0.25, 0.3) is 5.57 Å². The van der Waals surface area contributed by atoms with Crippen LogP contribution in [0.2, 0.25) is 0 Å². The Labute approximate surface area is 352 Å². The molecular weight excluding hydrogens is 665 g/mol. The molecule has 0 fully saturated rings. The summed E-state index contributed by atoms with van der Waals surface area (Å²) in [6.45, 7) is 3.35. The molecule has 2 aromatic carbocycles. The second kappa shape index (κ2) is 18.2. The van der Waals surface area contributed by atoms with Gasteiger partial charge in [-0.1, -0.05) is 6.07 Å². The molecule has 230 valence electrons. The number of nitrogens with zero attached hydrogens (tertiary/aromatic N) is 3. The zero-order valence-corrected chi connectivity index (χ0v) is 34.2. The van der Waals surface area contributed by atoms with Crippen molar-refractivity contribution in [2.24, 2.45) is 0 Å². The average molecular weight is 705 g/mol. The number of rotatable bonds is 12. The van der Waals surface area contributed by atoms with E-state index in [9.17, 15) is 16.8 Å². The molecular formula is C32H40K2N3O6S2+3. The van der Waals surface area contributed by atoms with E-state index < -0.39 is 20.2 Å². The minimum atomic E-state index is -3.93. The standard InChI is InChI=1S/C32H39N3O6S2.2K/c36-42(37,38)21-3-1-17-34-19-5-7-26-23-28(9-11-30(26)34)32(25-13-15-33-16-14-25)29-10-12-31-27(24-29)8-6-20-35(31)18-2-4-22-43(39,40)41;;/h9-16,23-24H,1-8,17-22H2,(H-,36,37,38,39,40,41);;/q;2*+1/p+1. The maximum absolute atomic E-state index is 11.1. The molecule has 45 heavy (non-hydrogen) atoms. The fourth-order valence-corrected chi connectivity index (χ4v) is 7.46. The molecule has 0 radical (unpaired) electrons. The van der Waals surface area contributed by atoms with Crippen LogP contribution < -0.4 is 123 Å². The number of aromatic nitrogens is 1. The van der Waals surface area contributed by atoms with E-state index in [2.05, 4.69) is 50.9 Å². The van der Waals surface area contributed by atoms with Gasteiger partial charge in [-0.05, 0) is 102 Å². The Morgan fingerprint density at radius 2 is 1.47 bits per heavy atom. The number of aryl methyl sites for hydroxylation is 2. The molecule has 1 aromatic heterocycles. The van der Waals surface area contributed by atoms with Gasteiger partial charge in [0, 0.05) is 55.6 Å². The minimum Gasteiger partial charge on any atom is -0.371 e. The first-order chi connectivity index (χ1) is 20.6. The van der Waals surface area contributed by atoms with Gasteiger partial charge < -0.3 is 4.90 Å². The van der Waals surface area contributed by atoms with Gasteiger partial charge in [0.2, 0.25) is 5.36 Å². The fourth-order valence-electron chi connectivity index (χ4n) is 6.32.